The molecule has 1 N–H and O–H groups in total. The van der Waals surface area contributed by atoms with Crippen LogP contribution in [0.4, 0.5) is 13.2 Å². The minimum Gasteiger partial charge on any atom is -0.529 e. The minimum atomic E-state index is -4.28. The summed E-state index contributed by atoms with van der Waals surface area (Å²) < 4.78 is 44.1. The molecule has 7 heteroatoms. The van der Waals surface area contributed by atoms with E-state index >= 15 is 0 Å². The Morgan fingerprint density at radius 2 is 1.88 bits per heavy atom. The topological polar surface area (TPSA) is 37.9 Å². The van der Waals surface area contributed by atoms with Gasteiger partial charge in [-0.15, -0.1) is 5.10 Å². The molecule has 0 aliphatic heterocycles. The summed E-state index contributed by atoms with van der Waals surface area (Å²) in [6.45, 7) is 5.42. The second-order valence-corrected chi connectivity index (χ2v) is 9.12. The summed E-state index contributed by atoms with van der Waals surface area (Å²) in [5.74, 6) is 0.217. The molecule has 3 nitrogen and oxygen atoms in total. The summed E-state index contributed by atoms with van der Waals surface area (Å²) in [4.78, 5) is 0. The Morgan fingerprint density at radius 1 is 1.31 bits per heavy atom. The van der Waals surface area contributed by atoms with E-state index in [1.165, 1.54) is 39.2 Å². The Kier molecular flexibility index (Phi) is 3.10. The largest absolute Gasteiger partial charge is 0.529 e. The van der Waals surface area contributed by atoms with Crippen LogP contribution in [0, 0.1) is 0 Å². The summed E-state index contributed by atoms with van der Waals surface area (Å²) in [5, 5.41) is 4.39. The van der Waals surface area contributed by atoms with Crippen molar-refractivity contribution in [3.8, 4) is 5.88 Å². The number of hydrogen-bond donors (Lipinski definition) is 1. The maximum atomic E-state index is 12.9. The molecule has 0 amide bonds. The number of H-pyrrole nitrogens is 1. The van der Waals surface area contributed by atoms with Gasteiger partial charge in [-0.3, -0.25) is 5.10 Å². The highest BCUT2D eigenvalue weighted by Gasteiger charge is 2.60. The SMILES string of the molecule is CC(C)(C(F)(F)F)[Si](C)(C)Oc1cc[nH]n1. The van der Waals surface area contributed by atoms with Crippen molar-refractivity contribution in [2.45, 2.75) is 38.2 Å². The van der Waals surface area contributed by atoms with Crippen LogP contribution in [-0.4, -0.2) is 24.7 Å². The number of aromatic nitrogens is 2. The second kappa shape index (κ2) is 3.79. The Labute approximate surface area is 93.1 Å². The molecule has 0 radical (unpaired) electrons. The molecule has 1 rings (SSSR count). The van der Waals surface area contributed by atoms with E-state index in [1.54, 1.807) is 0 Å². The first-order valence-corrected chi connectivity index (χ1v) is 7.74. The van der Waals surface area contributed by atoms with Crippen LogP contribution >= 0.6 is 0 Å². The predicted octanol–water partition coefficient (Wildman–Crippen LogP) is 3.34. The fourth-order valence-electron chi connectivity index (χ4n) is 1.03. The number of rotatable bonds is 3. The molecule has 0 aliphatic rings. The van der Waals surface area contributed by atoms with Crippen molar-refractivity contribution in [3.05, 3.63) is 12.3 Å². The molecule has 0 aromatic carbocycles. The first-order valence-electron chi connectivity index (χ1n) is 4.83. The Morgan fingerprint density at radius 3 is 2.25 bits per heavy atom. The van der Waals surface area contributed by atoms with Gasteiger partial charge in [-0.05, 0) is 13.1 Å². The molecule has 1 aromatic heterocycles. The highest BCUT2D eigenvalue weighted by atomic mass is 28.4. The van der Waals surface area contributed by atoms with Crippen LogP contribution in [0.2, 0.25) is 18.1 Å². The van der Waals surface area contributed by atoms with Gasteiger partial charge in [-0.25, -0.2) is 0 Å². The fourth-order valence-corrected chi connectivity index (χ4v) is 2.61. The van der Waals surface area contributed by atoms with E-state index in [1.807, 2.05) is 0 Å². The summed E-state index contributed by atoms with van der Waals surface area (Å²) in [7, 11) is -2.98. The molecule has 1 aromatic rings. The summed E-state index contributed by atoms with van der Waals surface area (Å²) in [5.41, 5.74) is 0. The highest BCUT2D eigenvalue weighted by molar-refractivity contribution is 6.75. The smallest absolute Gasteiger partial charge is 0.394 e. The van der Waals surface area contributed by atoms with Gasteiger partial charge in [-0.1, -0.05) is 13.8 Å². The molecular weight excluding hydrogens is 237 g/mol. The third kappa shape index (κ3) is 2.23. The minimum absolute atomic E-state index is 0.217. The van der Waals surface area contributed by atoms with Crippen LogP contribution in [0.15, 0.2) is 12.3 Å². The lowest BCUT2D eigenvalue weighted by Crippen LogP contribution is -2.52. The Bertz CT molecular complexity index is 346. The quantitative estimate of drug-likeness (QED) is 0.838. The molecule has 0 bridgehead atoms. The van der Waals surface area contributed by atoms with Crippen LogP contribution < -0.4 is 4.43 Å². The van der Waals surface area contributed by atoms with Crippen LogP contribution in [0.3, 0.4) is 0 Å². The van der Waals surface area contributed by atoms with Gasteiger partial charge >= 0.3 is 6.18 Å². The van der Waals surface area contributed by atoms with E-state index in [9.17, 15) is 13.2 Å². The molecule has 16 heavy (non-hydrogen) atoms. The zero-order valence-electron chi connectivity index (χ0n) is 9.64. The molecular formula is C9H15F3N2OSi. The molecule has 92 valence electrons. The normalized spacial score (nSPS) is 13.9. The monoisotopic (exact) mass is 252 g/mol. The lowest BCUT2D eigenvalue weighted by atomic mass is 10.2. The maximum absolute atomic E-state index is 12.9. The first-order chi connectivity index (χ1) is 7.08. The van der Waals surface area contributed by atoms with Crippen LogP contribution in [0.25, 0.3) is 0 Å². The van der Waals surface area contributed by atoms with Gasteiger partial charge in [0.05, 0.1) is 5.04 Å². The van der Waals surface area contributed by atoms with E-state index in [0.717, 1.165) is 0 Å². The lowest BCUT2D eigenvalue weighted by Gasteiger charge is -2.39. The molecule has 0 aliphatic carbocycles. The summed E-state index contributed by atoms with van der Waals surface area (Å²) >= 11 is 0. The second-order valence-electron chi connectivity index (χ2n) is 4.65. The fraction of sp³-hybridized carbons (Fsp3) is 0.667. The average Bonchev–Trinajstić information content (AvgIpc) is 2.53. The van der Waals surface area contributed by atoms with Crippen molar-refractivity contribution in [3.63, 3.8) is 0 Å². The molecule has 0 atom stereocenters. The molecule has 0 spiro atoms. The van der Waals surface area contributed by atoms with Crippen molar-refractivity contribution in [2.24, 2.45) is 0 Å². The maximum Gasteiger partial charge on any atom is 0.394 e. The standard InChI is InChI=1S/C9H15F3N2OSi/c1-8(2,9(10,11)12)16(3,4)15-7-5-6-13-14-7/h5-6H,1-4H3,(H,13,14). The van der Waals surface area contributed by atoms with Gasteiger partial charge in [0.1, 0.15) is 0 Å². The van der Waals surface area contributed by atoms with Crippen molar-refractivity contribution in [1.82, 2.24) is 10.2 Å². The van der Waals surface area contributed by atoms with Crippen molar-refractivity contribution >= 4 is 8.32 Å². The number of alkyl halides is 3. The average molecular weight is 252 g/mol. The number of aromatic amines is 1. The lowest BCUT2D eigenvalue weighted by molar-refractivity contribution is -0.161. The van der Waals surface area contributed by atoms with Crippen molar-refractivity contribution < 1.29 is 17.6 Å². The van der Waals surface area contributed by atoms with Gasteiger partial charge in [0.2, 0.25) is 5.88 Å². The third-order valence-corrected chi connectivity index (χ3v) is 7.06. The van der Waals surface area contributed by atoms with Crippen LogP contribution in [0.1, 0.15) is 13.8 Å². The van der Waals surface area contributed by atoms with E-state index in [4.69, 9.17) is 4.43 Å². The van der Waals surface area contributed by atoms with Crippen molar-refractivity contribution in [1.29, 1.82) is 0 Å². The third-order valence-electron chi connectivity index (χ3n) is 3.05. The summed E-state index contributed by atoms with van der Waals surface area (Å²) in [6.07, 6.45) is -2.76. The van der Waals surface area contributed by atoms with E-state index in [-0.39, 0.29) is 5.88 Å². The van der Waals surface area contributed by atoms with Crippen LogP contribution in [0.5, 0.6) is 5.88 Å². The summed E-state index contributed by atoms with van der Waals surface area (Å²) in [6, 6.07) is 1.52. The van der Waals surface area contributed by atoms with Gasteiger partial charge in [-0.2, -0.15) is 13.2 Å². The van der Waals surface area contributed by atoms with E-state index in [0.29, 0.717) is 0 Å². The molecule has 0 fully saturated rings. The van der Waals surface area contributed by atoms with Crippen LogP contribution in [-0.2, 0) is 0 Å². The van der Waals surface area contributed by atoms with Gasteiger partial charge < -0.3 is 4.43 Å². The van der Waals surface area contributed by atoms with E-state index in [2.05, 4.69) is 10.2 Å². The Hall–Kier alpha value is -0.983. The zero-order chi connectivity index (χ0) is 12.6. The number of nitrogens with zero attached hydrogens (tertiary/aromatic N) is 1. The molecule has 1 heterocycles. The number of hydrogen-bond acceptors (Lipinski definition) is 2. The molecule has 0 saturated carbocycles. The molecule has 0 unspecified atom stereocenters. The van der Waals surface area contributed by atoms with Gasteiger partial charge in [0.25, 0.3) is 8.32 Å². The highest BCUT2D eigenvalue weighted by Crippen LogP contribution is 2.51. The Balaban J connectivity index is 2.93. The molecule has 0 saturated heterocycles. The van der Waals surface area contributed by atoms with Gasteiger partial charge in [0.15, 0.2) is 0 Å². The first kappa shape index (κ1) is 13.1. The number of halogens is 3. The van der Waals surface area contributed by atoms with Crippen molar-refractivity contribution in [2.75, 3.05) is 0 Å². The van der Waals surface area contributed by atoms with E-state index < -0.39 is 19.5 Å². The zero-order valence-corrected chi connectivity index (χ0v) is 10.6. The van der Waals surface area contributed by atoms with Gasteiger partial charge in [0, 0.05) is 12.3 Å². The number of nitrogens with one attached hydrogen (secondary N) is 1. The predicted molar refractivity (Wildman–Crippen MR) is 56.8 cm³/mol.